The summed E-state index contributed by atoms with van der Waals surface area (Å²) in [6.45, 7) is 7.10. The van der Waals surface area contributed by atoms with Gasteiger partial charge < -0.3 is 19.6 Å². The highest BCUT2D eigenvalue weighted by Gasteiger charge is 2.50. The maximum Gasteiger partial charge on any atom is 0.336 e. The van der Waals surface area contributed by atoms with Crippen LogP contribution < -0.4 is 0 Å². The molecule has 3 aromatic rings. The van der Waals surface area contributed by atoms with Crippen LogP contribution in [0.3, 0.4) is 0 Å². The lowest BCUT2D eigenvalue weighted by molar-refractivity contribution is 0.314. The van der Waals surface area contributed by atoms with Crippen molar-refractivity contribution in [2.24, 2.45) is 0 Å². The summed E-state index contributed by atoms with van der Waals surface area (Å²) in [5.74, 6) is 0. The van der Waals surface area contributed by atoms with Gasteiger partial charge in [-0.2, -0.15) is 0 Å². The van der Waals surface area contributed by atoms with Crippen LogP contribution in [-0.2, 0) is 19.4 Å². The van der Waals surface area contributed by atoms with Gasteiger partial charge in [0.25, 0.3) is 0 Å². The highest BCUT2D eigenvalue weighted by atomic mass is 31.2. The fourth-order valence-corrected chi connectivity index (χ4v) is 8.17. The van der Waals surface area contributed by atoms with Gasteiger partial charge in [0.05, 0.1) is 10.3 Å². The van der Waals surface area contributed by atoms with Crippen molar-refractivity contribution >= 4 is 36.7 Å². The second kappa shape index (κ2) is 8.68. The van der Waals surface area contributed by atoms with E-state index in [0.29, 0.717) is 32.7 Å². The molecule has 0 unspecified atom stereocenters. The Kier molecular flexibility index (Phi) is 6.81. The van der Waals surface area contributed by atoms with Crippen LogP contribution in [0.1, 0.15) is 64.5 Å². The van der Waals surface area contributed by atoms with Gasteiger partial charge in [-0.3, -0.25) is 9.13 Å². The van der Waals surface area contributed by atoms with Gasteiger partial charge in [0.15, 0.2) is 0 Å². The monoisotopic (exact) mass is 478 g/mol. The SMILES string of the molecule is CCC(CC)(c1c2ccccc2c(C(CC)(CC)P(=O)(O)O)c2ccccc12)P(=O)(O)O. The molecule has 3 aromatic carbocycles. The Labute approximate surface area is 189 Å². The normalized spacial score (nSPS) is 13.8. The Morgan fingerprint density at radius 2 is 0.781 bits per heavy atom. The van der Waals surface area contributed by atoms with E-state index in [9.17, 15) is 28.7 Å². The number of rotatable bonds is 8. The minimum atomic E-state index is -4.59. The van der Waals surface area contributed by atoms with E-state index in [1.165, 1.54) is 0 Å². The molecule has 0 spiro atoms. The molecular formula is C24H32O6P2. The Hall–Kier alpha value is -1.52. The van der Waals surface area contributed by atoms with Crippen LogP contribution in [0.15, 0.2) is 48.5 Å². The quantitative estimate of drug-likeness (QED) is 0.221. The molecule has 0 atom stereocenters. The van der Waals surface area contributed by atoms with Gasteiger partial charge in [-0.05, 0) is 58.4 Å². The summed E-state index contributed by atoms with van der Waals surface area (Å²) >= 11 is 0. The van der Waals surface area contributed by atoms with Crippen molar-refractivity contribution in [3.63, 3.8) is 0 Å². The van der Waals surface area contributed by atoms with Crippen LogP contribution >= 0.6 is 15.2 Å². The van der Waals surface area contributed by atoms with Gasteiger partial charge in [0.1, 0.15) is 0 Å². The summed E-state index contributed by atoms with van der Waals surface area (Å²) in [5, 5.41) is -0.288. The number of hydrogen-bond acceptors (Lipinski definition) is 2. The zero-order chi connectivity index (χ0) is 23.9. The largest absolute Gasteiger partial charge is 0.336 e. The molecule has 3 rings (SSSR count). The predicted molar refractivity (Wildman–Crippen MR) is 130 cm³/mol. The molecule has 0 saturated carbocycles. The molecule has 0 aliphatic rings. The Bertz CT molecular complexity index is 1080. The highest BCUT2D eigenvalue weighted by Crippen LogP contribution is 2.66. The zero-order valence-corrected chi connectivity index (χ0v) is 20.7. The molecular weight excluding hydrogens is 446 g/mol. The van der Waals surface area contributed by atoms with Crippen molar-refractivity contribution in [2.45, 2.75) is 63.7 Å². The van der Waals surface area contributed by atoms with Gasteiger partial charge in [-0.1, -0.05) is 76.2 Å². The van der Waals surface area contributed by atoms with Crippen molar-refractivity contribution in [3.8, 4) is 0 Å². The second-order valence-electron chi connectivity index (χ2n) is 8.41. The second-order valence-corrected chi connectivity index (χ2v) is 12.3. The van der Waals surface area contributed by atoms with E-state index in [1.54, 1.807) is 52.0 Å². The minimum absolute atomic E-state index is 0.228. The fourth-order valence-electron chi connectivity index (χ4n) is 5.45. The number of hydrogen-bond donors (Lipinski definition) is 4. The molecule has 8 heteroatoms. The van der Waals surface area contributed by atoms with Gasteiger partial charge in [0.2, 0.25) is 0 Å². The standard InChI is InChI=1S/C24H32O6P2/c1-5-23(6-2,31(25,26)27)21-17-13-9-11-15-19(17)22(20-16-12-10-14-18(20)21)24(7-3,8-4)32(28,29)30/h9-16H,5-8H2,1-4H3,(H2,25,26,27)(H2,28,29,30). The molecule has 0 radical (unpaired) electrons. The van der Waals surface area contributed by atoms with E-state index in [2.05, 4.69) is 0 Å². The summed E-state index contributed by atoms with van der Waals surface area (Å²) < 4.78 is 25.9. The fraction of sp³-hybridized carbons (Fsp3) is 0.417. The molecule has 0 aliphatic carbocycles. The van der Waals surface area contributed by atoms with Gasteiger partial charge >= 0.3 is 15.2 Å². The summed E-state index contributed by atoms with van der Waals surface area (Å²) in [5.41, 5.74) is 1.11. The summed E-state index contributed by atoms with van der Waals surface area (Å²) in [6, 6.07) is 14.5. The van der Waals surface area contributed by atoms with Crippen LogP contribution in [0.5, 0.6) is 0 Å². The molecule has 174 valence electrons. The van der Waals surface area contributed by atoms with Crippen LogP contribution in [0.4, 0.5) is 0 Å². The number of benzene rings is 3. The zero-order valence-electron chi connectivity index (χ0n) is 18.9. The van der Waals surface area contributed by atoms with E-state index in [4.69, 9.17) is 0 Å². The third kappa shape index (κ3) is 3.49. The van der Waals surface area contributed by atoms with Gasteiger partial charge in [-0.25, -0.2) is 0 Å². The molecule has 0 saturated heterocycles. The maximum atomic E-state index is 12.9. The van der Waals surface area contributed by atoms with E-state index in [1.807, 2.05) is 24.3 Å². The average Bonchev–Trinajstić information content (AvgIpc) is 2.74. The summed E-state index contributed by atoms with van der Waals surface area (Å²) in [7, 11) is -9.19. The van der Waals surface area contributed by atoms with E-state index in [0.717, 1.165) is 0 Å². The lowest BCUT2D eigenvalue weighted by Crippen LogP contribution is -2.28. The predicted octanol–water partition coefficient (Wildman–Crippen LogP) is 6.38. The van der Waals surface area contributed by atoms with Gasteiger partial charge in [0, 0.05) is 0 Å². The lowest BCUT2D eigenvalue weighted by Gasteiger charge is -2.39. The molecule has 0 fully saturated rings. The third-order valence-electron chi connectivity index (χ3n) is 7.32. The average molecular weight is 478 g/mol. The molecule has 4 N–H and O–H groups in total. The first-order chi connectivity index (χ1) is 15.0. The Balaban J connectivity index is 2.73. The van der Waals surface area contributed by atoms with Crippen molar-refractivity contribution < 1.29 is 28.7 Å². The Morgan fingerprint density at radius 3 is 0.938 bits per heavy atom. The highest BCUT2D eigenvalue weighted by molar-refractivity contribution is 7.53. The molecule has 0 amide bonds. The van der Waals surface area contributed by atoms with Crippen molar-refractivity contribution in [3.05, 3.63) is 59.7 Å². The first kappa shape index (κ1) is 25.1. The molecule has 0 aromatic heterocycles. The minimum Gasteiger partial charge on any atom is -0.324 e. The van der Waals surface area contributed by atoms with Crippen molar-refractivity contribution in [1.29, 1.82) is 0 Å². The van der Waals surface area contributed by atoms with E-state index in [-0.39, 0.29) is 25.7 Å². The van der Waals surface area contributed by atoms with Crippen molar-refractivity contribution in [2.75, 3.05) is 0 Å². The summed E-state index contributed by atoms with van der Waals surface area (Å²) in [4.78, 5) is 42.2. The molecule has 0 aliphatic heterocycles. The molecule has 0 bridgehead atoms. The van der Waals surface area contributed by atoms with Crippen LogP contribution in [0.2, 0.25) is 0 Å². The molecule has 0 heterocycles. The number of fused-ring (bicyclic) bond motifs is 2. The van der Waals surface area contributed by atoms with E-state index >= 15 is 0 Å². The molecule has 6 nitrogen and oxygen atoms in total. The van der Waals surface area contributed by atoms with Gasteiger partial charge in [-0.15, -0.1) is 0 Å². The van der Waals surface area contributed by atoms with Crippen LogP contribution in [0, 0.1) is 0 Å². The lowest BCUT2D eigenvalue weighted by atomic mass is 9.78. The smallest absolute Gasteiger partial charge is 0.324 e. The summed E-state index contributed by atoms with van der Waals surface area (Å²) in [6.07, 6.45) is 0.914. The third-order valence-corrected chi connectivity index (χ3v) is 11.3. The first-order valence-corrected chi connectivity index (χ1v) is 14.2. The molecule has 32 heavy (non-hydrogen) atoms. The topological polar surface area (TPSA) is 115 Å². The Morgan fingerprint density at radius 1 is 0.562 bits per heavy atom. The first-order valence-electron chi connectivity index (χ1n) is 11.0. The maximum absolute atomic E-state index is 12.9. The van der Waals surface area contributed by atoms with E-state index < -0.39 is 25.5 Å². The van der Waals surface area contributed by atoms with Crippen LogP contribution in [0.25, 0.3) is 21.5 Å². The van der Waals surface area contributed by atoms with Crippen molar-refractivity contribution in [1.82, 2.24) is 0 Å². The van der Waals surface area contributed by atoms with Crippen LogP contribution in [-0.4, -0.2) is 19.6 Å².